The Labute approximate surface area is 121 Å². The molecule has 1 saturated carbocycles. The number of nitrogens with zero attached hydrogens (tertiary/aromatic N) is 3. The Bertz CT molecular complexity index is 393. The van der Waals surface area contributed by atoms with Gasteiger partial charge in [-0.2, -0.15) is 0 Å². The maximum absolute atomic E-state index is 9.34. The minimum absolute atomic E-state index is 0.165. The lowest BCUT2D eigenvalue weighted by atomic mass is 9.94. The molecule has 1 fully saturated rings. The van der Waals surface area contributed by atoms with Gasteiger partial charge >= 0.3 is 0 Å². The molecule has 5 heteroatoms. The van der Waals surface area contributed by atoms with Gasteiger partial charge in [0.1, 0.15) is 18.0 Å². The van der Waals surface area contributed by atoms with Crippen LogP contribution in [0.5, 0.6) is 0 Å². The van der Waals surface area contributed by atoms with Gasteiger partial charge in [-0.1, -0.05) is 26.2 Å². The van der Waals surface area contributed by atoms with Crippen LogP contribution in [-0.2, 0) is 0 Å². The summed E-state index contributed by atoms with van der Waals surface area (Å²) in [6.45, 7) is 3.86. The van der Waals surface area contributed by atoms with E-state index in [0.717, 1.165) is 24.6 Å². The van der Waals surface area contributed by atoms with Crippen molar-refractivity contribution in [1.82, 2.24) is 9.97 Å². The molecule has 0 aliphatic heterocycles. The third kappa shape index (κ3) is 4.07. The predicted octanol–water partition coefficient (Wildman–Crippen LogP) is 2.43. The highest BCUT2D eigenvalue weighted by Crippen LogP contribution is 2.26. The average Bonchev–Trinajstić information content (AvgIpc) is 2.52. The summed E-state index contributed by atoms with van der Waals surface area (Å²) in [5, 5.41) is 12.6. The van der Waals surface area contributed by atoms with Gasteiger partial charge in [0.05, 0.1) is 6.61 Å². The topological polar surface area (TPSA) is 61.3 Å². The molecule has 0 radical (unpaired) electrons. The van der Waals surface area contributed by atoms with Crippen molar-refractivity contribution in [2.75, 3.05) is 29.9 Å². The van der Waals surface area contributed by atoms with Crippen LogP contribution in [0.15, 0.2) is 12.4 Å². The highest BCUT2D eigenvalue weighted by molar-refractivity contribution is 5.49. The molecule has 5 nitrogen and oxygen atoms in total. The normalized spacial score (nSPS) is 16.1. The number of hydrogen-bond donors (Lipinski definition) is 2. The third-order valence-electron chi connectivity index (χ3n) is 3.86. The zero-order valence-electron chi connectivity index (χ0n) is 12.4. The van der Waals surface area contributed by atoms with Crippen molar-refractivity contribution in [2.45, 2.75) is 51.5 Å². The van der Waals surface area contributed by atoms with Crippen LogP contribution in [0, 0.1) is 0 Å². The van der Waals surface area contributed by atoms with Crippen LogP contribution >= 0.6 is 0 Å². The van der Waals surface area contributed by atoms with E-state index < -0.39 is 0 Å². The van der Waals surface area contributed by atoms with E-state index in [4.69, 9.17) is 0 Å². The Morgan fingerprint density at radius 3 is 2.80 bits per heavy atom. The van der Waals surface area contributed by atoms with Gasteiger partial charge in [0, 0.05) is 25.2 Å². The van der Waals surface area contributed by atoms with Gasteiger partial charge in [0.25, 0.3) is 0 Å². The second-order valence-corrected chi connectivity index (χ2v) is 5.40. The van der Waals surface area contributed by atoms with Gasteiger partial charge in [0.2, 0.25) is 0 Å². The average molecular weight is 278 g/mol. The molecule has 112 valence electrons. The Morgan fingerprint density at radius 1 is 1.30 bits per heavy atom. The van der Waals surface area contributed by atoms with Crippen molar-refractivity contribution in [3.63, 3.8) is 0 Å². The van der Waals surface area contributed by atoms with Crippen LogP contribution in [0.2, 0.25) is 0 Å². The number of aliphatic hydroxyl groups is 1. The van der Waals surface area contributed by atoms with Crippen LogP contribution in [0.3, 0.4) is 0 Å². The summed E-state index contributed by atoms with van der Waals surface area (Å²) in [6, 6.07) is 2.50. The summed E-state index contributed by atoms with van der Waals surface area (Å²) >= 11 is 0. The van der Waals surface area contributed by atoms with Crippen molar-refractivity contribution in [3.8, 4) is 0 Å². The van der Waals surface area contributed by atoms with Crippen LogP contribution < -0.4 is 10.2 Å². The number of nitrogens with one attached hydrogen (secondary N) is 1. The Morgan fingerprint density at radius 2 is 2.10 bits per heavy atom. The molecule has 0 spiro atoms. The maximum Gasteiger partial charge on any atom is 0.134 e. The largest absolute Gasteiger partial charge is 0.395 e. The second-order valence-electron chi connectivity index (χ2n) is 5.40. The lowest BCUT2D eigenvalue weighted by Gasteiger charge is -2.35. The molecule has 0 atom stereocenters. The van der Waals surface area contributed by atoms with Crippen molar-refractivity contribution in [3.05, 3.63) is 12.4 Å². The minimum Gasteiger partial charge on any atom is -0.395 e. The molecule has 1 aromatic heterocycles. The van der Waals surface area contributed by atoms with Gasteiger partial charge in [0.15, 0.2) is 0 Å². The summed E-state index contributed by atoms with van der Waals surface area (Å²) < 4.78 is 0. The highest BCUT2D eigenvalue weighted by atomic mass is 16.3. The first-order chi connectivity index (χ1) is 9.85. The predicted molar refractivity (Wildman–Crippen MR) is 82.1 cm³/mol. The zero-order chi connectivity index (χ0) is 14.2. The van der Waals surface area contributed by atoms with E-state index in [-0.39, 0.29) is 6.61 Å². The second kappa shape index (κ2) is 8.04. The molecule has 20 heavy (non-hydrogen) atoms. The zero-order valence-corrected chi connectivity index (χ0v) is 12.4. The van der Waals surface area contributed by atoms with Crippen molar-refractivity contribution < 1.29 is 5.11 Å². The monoisotopic (exact) mass is 278 g/mol. The third-order valence-corrected chi connectivity index (χ3v) is 3.86. The van der Waals surface area contributed by atoms with E-state index in [1.807, 2.05) is 6.07 Å². The van der Waals surface area contributed by atoms with Gasteiger partial charge in [-0.15, -0.1) is 0 Å². The smallest absolute Gasteiger partial charge is 0.134 e. The van der Waals surface area contributed by atoms with E-state index in [0.29, 0.717) is 12.6 Å². The van der Waals surface area contributed by atoms with Gasteiger partial charge in [-0.05, 0) is 19.3 Å². The summed E-state index contributed by atoms with van der Waals surface area (Å²) in [6.07, 6.45) is 8.96. The molecule has 2 rings (SSSR count). The lowest BCUT2D eigenvalue weighted by Crippen LogP contribution is -2.39. The van der Waals surface area contributed by atoms with Crippen molar-refractivity contribution >= 4 is 11.6 Å². The van der Waals surface area contributed by atoms with Crippen molar-refractivity contribution in [2.24, 2.45) is 0 Å². The fraction of sp³-hybridized carbons (Fsp3) is 0.733. The molecule has 0 amide bonds. The van der Waals surface area contributed by atoms with E-state index in [9.17, 15) is 5.11 Å². The summed E-state index contributed by atoms with van der Waals surface area (Å²) in [4.78, 5) is 10.9. The standard InChI is InChI=1S/C15H26N4O/c1-2-8-16-14-11-15(18-12-17-14)19(9-10-20)13-6-4-3-5-7-13/h11-13,20H,2-10H2,1H3,(H,16,17,18). The number of aliphatic hydroxyl groups excluding tert-OH is 1. The number of hydrogen-bond acceptors (Lipinski definition) is 5. The van der Waals surface area contributed by atoms with E-state index in [2.05, 4.69) is 27.1 Å². The Balaban J connectivity index is 2.10. The number of aromatic nitrogens is 2. The first kappa shape index (κ1) is 15.0. The molecule has 0 aromatic carbocycles. The molecule has 0 bridgehead atoms. The van der Waals surface area contributed by atoms with Crippen molar-refractivity contribution in [1.29, 1.82) is 0 Å². The molecule has 0 saturated heterocycles. The molecule has 1 aliphatic carbocycles. The van der Waals surface area contributed by atoms with Crippen LogP contribution in [0.25, 0.3) is 0 Å². The van der Waals surface area contributed by atoms with E-state index in [1.165, 1.54) is 32.1 Å². The molecule has 1 aromatic rings. The van der Waals surface area contributed by atoms with Gasteiger partial charge < -0.3 is 15.3 Å². The SMILES string of the molecule is CCCNc1cc(N(CCO)C2CCCCC2)ncn1. The fourth-order valence-electron chi connectivity index (χ4n) is 2.84. The van der Waals surface area contributed by atoms with Crippen LogP contribution in [0.4, 0.5) is 11.6 Å². The fourth-order valence-corrected chi connectivity index (χ4v) is 2.84. The minimum atomic E-state index is 0.165. The number of anilines is 2. The lowest BCUT2D eigenvalue weighted by molar-refractivity contribution is 0.289. The number of rotatable bonds is 7. The molecular formula is C15H26N4O. The van der Waals surface area contributed by atoms with Crippen LogP contribution in [0.1, 0.15) is 45.4 Å². The summed E-state index contributed by atoms with van der Waals surface area (Å²) in [7, 11) is 0. The first-order valence-corrected chi connectivity index (χ1v) is 7.78. The highest BCUT2D eigenvalue weighted by Gasteiger charge is 2.22. The quantitative estimate of drug-likeness (QED) is 0.802. The maximum atomic E-state index is 9.34. The molecule has 0 unspecified atom stereocenters. The Hall–Kier alpha value is -1.36. The Kier molecular flexibility index (Phi) is 6.05. The van der Waals surface area contributed by atoms with Gasteiger partial charge in [-0.3, -0.25) is 0 Å². The summed E-state index contributed by atoms with van der Waals surface area (Å²) in [5.74, 6) is 1.80. The van der Waals surface area contributed by atoms with E-state index in [1.54, 1.807) is 6.33 Å². The molecule has 1 heterocycles. The molecular weight excluding hydrogens is 252 g/mol. The summed E-state index contributed by atoms with van der Waals surface area (Å²) in [5.41, 5.74) is 0. The van der Waals surface area contributed by atoms with Crippen LogP contribution in [-0.4, -0.2) is 40.8 Å². The molecule has 2 N–H and O–H groups in total. The first-order valence-electron chi connectivity index (χ1n) is 7.78. The van der Waals surface area contributed by atoms with E-state index >= 15 is 0 Å². The van der Waals surface area contributed by atoms with Gasteiger partial charge in [-0.25, -0.2) is 9.97 Å². The molecule has 1 aliphatic rings.